The first-order valence-corrected chi connectivity index (χ1v) is 5.67. The summed E-state index contributed by atoms with van der Waals surface area (Å²) in [6.45, 7) is 0. The van der Waals surface area contributed by atoms with E-state index in [0.29, 0.717) is 12.8 Å². The van der Waals surface area contributed by atoms with Crippen LogP contribution in [0.3, 0.4) is 0 Å². The summed E-state index contributed by atoms with van der Waals surface area (Å²) in [5.41, 5.74) is 3.25. The van der Waals surface area contributed by atoms with Gasteiger partial charge in [0, 0.05) is 6.42 Å². The van der Waals surface area contributed by atoms with Crippen molar-refractivity contribution in [2.75, 3.05) is 0 Å². The molecule has 0 spiro atoms. The van der Waals surface area contributed by atoms with E-state index in [0.717, 1.165) is 29.6 Å². The molecular weight excluding hydrogens is 204 g/mol. The van der Waals surface area contributed by atoms with Crippen LogP contribution < -0.4 is 0 Å². The van der Waals surface area contributed by atoms with Crippen LogP contribution in [0.4, 0.5) is 0 Å². The van der Waals surface area contributed by atoms with Gasteiger partial charge in [0.05, 0.1) is 6.10 Å². The molecule has 0 saturated carbocycles. The molecule has 16 heavy (non-hydrogen) atoms. The Hall–Kier alpha value is -1.35. The zero-order valence-electron chi connectivity index (χ0n) is 9.15. The van der Waals surface area contributed by atoms with Crippen molar-refractivity contribution < 1.29 is 15.0 Å². The molecule has 2 aliphatic carbocycles. The van der Waals surface area contributed by atoms with Gasteiger partial charge in [0.1, 0.15) is 0 Å². The predicted octanol–water partition coefficient (Wildman–Crippen LogP) is 2.19. The Labute approximate surface area is 94.8 Å². The highest BCUT2D eigenvalue weighted by molar-refractivity contribution is 5.67. The van der Waals surface area contributed by atoms with E-state index in [-0.39, 0.29) is 12.5 Å². The van der Waals surface area contributed by atoms with Crippen LogP contribution in [-0.2, 0) is 4.79 Å². The van der Waals surface area contributed by atoms with Crippen LogP contribution in [0.1, 0.15) is 32.1 Å². The fraction of sp³-hybridized carbons (Fsp3) is 0.462. The lowest BCUT2D eigenvalue weighted by atomic mass is 9.82. The van der Waals surface area contributed by atoms with E-state index >= 15 is 0 Å². The Bertz CT molecular complexity index is 388. The van der Waals surface area contributed by atoms with Gasteiger partial charge in [-0.1, -0.05) is 18.2 Å². The summed E-state index contributed by atoms with van der Waals surface area (Å²) < 4.78 is 0. The molecule has 2 rings (SSSR count). The summed E-state index contributed by atoms with van der Waals surface area (Å²) in [6, 6.07) is 0. The molecule has 0 aromatic carbocycles. The third-order valence-electron chi connectivity index (χ3n) is 3.15. The molecule has 0 aliphatic heterocycles. The summed E-state index contributed by atoms with van der Waals surface area (Å²) >= 11 is 0. The van der Waals surface area contributed by atoms with Crippen molar-refractivity contribution >= 4 is 5.97 Å². The number of aliphatic hydroxyl groups is 1. The molecule has 0 radical (unpaired) electrons. The first kappa shape index (κ1) is 11.1. The quantitative estimate of drug-likeness (QED) is 0.766. The number of aliphatic carboxylic acids is 1. The Morgan fingerprint density at radius 2 is 2.31 bits per heavy atom. The normalized spacial score (nSPS) is 24.1. The smallest absolute Gasteiger partial charge is 0.303 e. The van der Waals surface area contributed by atoms with Gasteiger partial charge in [-0.25, -0.2) is 0 Å². The van der Waals surface area contributed by atoms with E-state index in [2.05, 4.69) is 6.08 Å². The molecular formula is C13H16O3. The van der Waals surface area contributed by atoms with Gasteiger partial charge in [0.15, 0.2) is 0 Å². The van der Waals surface area contributed by atoms with Crippen LogP contribution in [0, 0.1) is 0 Å². The second-order valence-electron chi connectivity index (χ2n) is 4.25. The van der Waals surface area contributed by atoms with Crippen molar-refractivity contribution in [2.45, 2.75) is 38.2 Å². The number of carboxylic acid groups (broad SMARTS) is 1. The van der Waals surface area contributed by atoms with E-state index in [1.165, 1.54) is 0 Å². The minimum atomic E-state index is -0.769. The molecule has 0 aromatic rings. The Morgan fingerprint density at radius 3 is 3.06 bits per heavy atom. The zero-order chi connectivity index (χ0) is 11.5. The molecule has 3 nitrogen and oxygen atoms in total. The molecule has 1 atom stereocenters. The highest BCUT2D eigenvalue weighted by Gasteiger charge is 2.22. The lowest BCUT2D eigenvalue weighted by Crippen LogP contribution is -2.17. The second kappa shape index (κ2) is 4.66. The number of hydrogen-bond donors (Lipinski definition) is 2. The number of carboxylic acids is 1. The monoisotopic (exact) mass is 220 g/mol. The third-order valence-corrected chi connectivity index (χ3v) is 3.15. The molecule has 0 heterocycles. The molecule has 86 valence electrons. The fourth-order valence-corrected chi connectivity index (χ4v) is 2.35. The van der Waals surface area contributed by atoms with Gasteiger partial charge >= 0.3 is 5.97 Å². The number of rotatable bonds is 3. The predicted molar refractivity (Wildman–Crippen MR) is 61.0 cm³/mol. The van der Waals surface area contributed by atoms with E-state index < -0.39 is 5.97 Å². The average molecular weight is 220 g/mol. The molecule has 0 aromatic heterocycles. The summed E-state index contributed by atoms with van der Waals surface area (Å²) in [6.07, 6.45) is 8.94. The number of allylic oxidation sites excluding steroid dienone is 4. The minimum Gasteiger partial charge on any atom is -0.481 e. The van der Waals surface area contributed by atoms with Crippen molar-refractivity contribution in [1.82, 2.24) is 0 Å². The molecule has 0 fully saturated rings. The Balaban J connectivity index is 2.16. The van der Waals surface area contributed by atoms with Crippen LogP contribution in [0.2, 0.25) is 0 Å². The van der Waals surface area contributed by atoms with Gasteiger partial charge in [0.25, 0.3) is 0 Å². The lowest BCUT2D eigenvalue weighted by Gasteiger charge is -2.26. The van der Waals surface area contributed by atoms with E-state index in [1.54, 1.807) is 0 Å². The summed E-state index contributed by atoms with van der Waals surface area (Å²) in [7, 11) is 0. The SMILES string of the molecule is O=C(O)CCC1=CCCC2=C1C=CCC2O. The molecule has 0 bridgehead atoms. The van der Waals surface area contributed by atoms with Crippen LogP contribution in [0.5, 0.6) is 0 Å². The highest BCUT2D eigenvalue weighted by atomic mass is 16.4. The van der Waals surface area contributed by atoms with E-state index in [9.17, 15) is 9.90 Å². The maximum atomic E-state index is 10.6. The van der Waals surface area contributed by atoms with Crippen molar-refractivity contribution in [3.63, 3.8) is 0 Å². The first-order chi connectivity index (χ1) is 7.68. The molecule has 2 aliphatic rings. The third kappa shape index (κ3) is 2.25. The first-order valence-electron chi connectivity index (χ1n) is 5.67. The van der Waals surface area contributed by atoms with Crippen LogP contribution in [0.25, 0.3) is 0 Å². The second-order valence-corrected chi connectivity index (χ2v) is 4.25. The van der Waals surface area contributed by atoms with Gasteiger partial charge in [-0.3, -0.25) is 4.79 Å². The highest BCUT2D eigenvalue weighted by Crippen LogP contribution is 2.34. The van der Waals surface area contributed by atoms with Gasteiger partial charge < -0.3 is 10.2 Å². The molecule has 1 unspecified atom stereocenters. The molecule has 0 amide bonds. The summed E-state index contributed by atoms with van der Waals surface area (Å²) in [4.78, 5) is 10.6. The minimum absolute atomic E-state index is 0.159. The summed E-state index contributed by atoms with van der Waals surface area (Å²) in [5, 5.41) is 18.5. The molecule has 3 heteroatoms. The van der Waals surface area contributed by atoms with Gasteiger partial charge in [0.2, 0.25) is 0 Å². The zero-order valence-corrected chi connectivity index (χ0v) is 9.15. The van der Waals surface area contributed by atoms with Crippen molar-refractivity contribution in [1.29, 1.82) is 0 Å². The van der Waals surface area contributed by atoms with Crippen molar-refractivity contribution in [2.24, 2.45) is 0 Å². The fourth-order valence-electron chi connectivity index (χ4n) is 2.35. The summed E-state index contributed by atoms with van der Waals surface area (Å²) in [5.74, 6) is -0.769. The Morgan fingerprint density at radius 1 is 1.50 bits per heavy atom. The van der Waals surface area contributed by atoms with Crippen molar-refractivity contribution in [3.8, 4) is 0 Å². The lowest BCUT2D eigenvalue weighted by molar-refractivity contribution is -0.136. The maximum absolute atomic E-state index is 10.6. The maximum Gasteiger partial charge on any atom is 0.303 e. The van der Waals surface area contributed by atoms with Crippen LogP contribution in [-0.4, -0.2) is 22.3 Å². The molecule has 2 N–H and O–H groups in total. The van der Waals surface area contributed by atoms with Gasteiger partial charge in [-0.15, -0.1) is 0 Å². The molecule has 0 saturated heterocycles. The number of carbonyl (C=O) groups is 1. The largest absolute Gasteiger partial charge is 0.481 e. The topological polar surface area (TPSA) is 57.5 Å². The standard InChI is InChI=1S/C13H16O3/c14-12-6-2-4-10-9(7-8-13(15)16)3-1-5-11(10)12/h2-4,12,14H,1,5-8H2,(H,15,16). The average Bonchev–Trinajstić information content (AvgIpc) is 2.27. The van der Waals surface area contributed by atoms with Gasteiger partial charge in [-0.2, -0.15) is 0 Å². The van der Waals surface area contributed by atoms with Crippen LogP contribution in [0.15, 0.2) is 34.9 Å². The number of hydrogen-bond acceptors (Lipinski definition) is 2. The van der Waals surface area contributed by atoms with Crippen LogP contribution >= 0.6 is 0 Å². The van der Waals surface area contributed by atoms with Gasteiger partial charge in [-0.05, 0) is 42.4 Å². The van der Waals surface area contributed by atoms with E-state index in [4.69, 9.17) is 5.11 Å². The van der Waals surface area contributed by atoms with Crippen molar-refractivity contribution in [3.05, 3.63) is 34.9 Å². The Kier molecular flexibility index (Phi) is 3.25. The van der Waals surface area contributed by atoms with E-state index in [1.807, 2.05) is 12.2 Å². The number of aliphatic hydroxyl groups excluding tert-OH is 1.